The number of rotatable bonds is 10. The van der Waals surface area contributed by atoms with Gasteiger partial charge in [0, 0.05) is 31.1 Å². The van der Waals surface area contributed by atoms with E-state index in [1.807, 2.05) is 51.1 Å². The Bertz CT molecular complexity index is 1270. The fourth-order valence-corrected chi connectivity index (χ4v) is 4.41. The molecule has 1 atom stereocenters. The lowest BCUT2D eigenvalue weighted by atomic mass is 9.95. The van der Waals surface area contributed by atoms with Crippen molar-refractivity contribution in [3.05, 3.63) is 101 Å². The Hall–Kier alpha value is -3.97. The largest absolute Gasteiger partial charge is 0.507 e. The van der Waals surface area contributed by atoms with Gasteiger partial charge in [0.1, 0.15) is 18.1 Å². The van der Waals surface area contributed by atoms with E-state index in [9.17, 15) is 14.7 Å². The van der Waals surface area contributed by atoms with Crippen molar-refractivity contribution < 1.29 is 24.2 Å². The predicted molar refractivity (Wildman–Crippen MR) is 141 cm³/mol. The summed E-state index contributed by atoms with van der Waals surface area (Å²) in [6, 6.07) is 17.9. The molecule has 4 rings (SSSR count). The second kappa shape index (κ2) is 11.8. The number of likely N-dealkylation sites (tertiary alicyclic amines) is 1. The monoisotopic (exact) mass is 500 g/mol. The van der Waals surface area contributed by atoms with E-state index in [1.54, 1.807) is 42.7 Å². The number of aromatic nitrogens is 1. The zero-order chi connectivity index (χ0) is 26.4. The molecule has 192 valence electrons. The van der Waals surface area contributed by atoms with Crippen LogP contribution in [0.3, 0.4) is 0 Å². The van der Waals surface area contributed by atoms with Crippen molar-refractivity contribution in [3.8, 4) is 5.75 Å². The van der Waals surface area contributed by atoms with E-state index in [-0.39, 0.29) is 17.4 Å². The Kier molecular flexibility index (Phi) is 8.36. The van der Waals surface area contributed by atoms with Gasteiger partial charge in [0.15, 0.2) is 0 Å². The SMILES string of the molecule is Cc1cc(/C(O)=C2/C(=O)C(=O)N(CCCOC(C)C)C2c2ccncc2)ccc1OCc1ccccc1. The van der Waals surface area contributed by atoms with Crippen LogP contribution in [0.15, 0.2) is 78.6 Å². The number of amides is 1. The van der Waals surface area contributed by atoms with Gasteiger partial charge < -0.3 is 19.5 Å². The molecular formula is C30H32N2O5. The van der Waals surface area contributed by atoms with Crippen LogP contribution >= 0.6 is 0 Å². The molecule has 1 fully saturated rings. The summed E-state index contributed by atoms with van der Waals surface area (Å²) in [5.41, 5.74) is 3.08. The fraction of sp³-hybridized carbons (Fsp3) is 0.300. The minimum atomic E-state index is -0.712. The minimum absolute atomic E-state index is 0.0679. The van der Waals surface area contributed by atoms with Crippen LogP contribution in [0.4, 0.5) is 0 Å². The summed E-state index contributed by atoms with van der Waals surface area (Å²) in [5.74, 6) is -0.867. The third kappa shape index (κ3) is 6.06. The molecule has 1 amide bonds. The lowest BCUT2D eigenvalue weighted by Crippen LogP contribution is -2.31. The summed E-state index contributed by atoms with van der Waals surface area (Å²) in [6.45, 7) is 6.98. The molecule has 7 heteroatoms. The van der Waals surface area contributed by atoms with Gasteiger partial charge in [-0.05, 0) is 74.2 Å². The molecule has 0 radical (unpaired) electrons. The average Bonchev–Trinajstić information content (AvgIpc) is 3.16. The van der Waals surface area contributed by atoms with Crippen LogP contribution in [-0.2, 0) is 20.9 Å². The van der Waals surface area contributed by atoms with Crippen LogP contribution in [-0.4, -0.2) is 45.9 Å². The molecule has 0 bridgehead atoms. The minimum Gasteiger partial charge on any atom is -0.507 e. The number of ketones is 1. The molecule has 0 saturated carbocycles. The quantitative estimate of drug-likeness (QED) is 0.178. The molecule has 1 aromatic heterocycles. The second-order valence-corrected chi connectivity index (χ2v) is 9.30. The van der Waals surface area contributed by atoms with Crippen molar-refractivity contribution in [3.63, 3.8) is 0 Å². The van der Waals surface area contributed by atoms with Gasteiger partial charge in [0.25, 0.3) is 11.7 Å². The molecule has 7 nitrogen and oxygen atoms in total. The van der Waals surface area contributed by atoms with Crippen LogP contribution in [0.1, 0.15) is 48.6 Å². The predicted octanol–water partition coefficient (Wildman–Crippen LogP) is 5.21. The number of benzene rings is 2. The maximum absolute atomic E-state index is 13.2. The van der Waals surface area contributed by atoms with Gasteiger partial charge in [-0.3, -0.25) is 14.6 Å². The number of Topliss-reactive ketones (excluding diaryl/α,β-unsaturated/α-hetero) is 1. The molecule has 1 saturated heterocycles. The summed E-state index contributed by atoms with van der Waals surface area (Å²) in [5, 5.41) is 11.3. The Morgan fingerprint density at radius 3 is 2.46 bits per heavy atom. The van der Waals surface area contributed by atoms with Gasteiger partial charge in [-0.1, -0.05) is 30.3 Å². The van der Waals surface area contributed by atoms with Crippen LogP contribution in [0.2, 0.25) is 0 Å². The number of aliphatic hydroxyl groups excluding tert-OH is 1. The van der Waals surface area contributed by atoms with Gasteiger partial charge in [-0.25, -0.2) is 0 Å². The van der Waals surface area contributed by atoms with Crippen molar-refractivity contribution in [2.24, 2.45) is 0 Å². The van der Waals surface area contributed by atoms with Crippen molar-refractivity contribution in [2.45, 2.75) is 45.9 Å². The van der Waals surface area contributed by atoms with Crippen LogP contribution in [0.5, 0.6) is 5.75 Å². The van der Waals surface area contributed by atoms with Crippen LogP contribution < -0.4 is 4.74 Å². The topological polar surface area (TPSA) is 89.0 Å². The van der Waals surface area contributed by atoms with E-state index in [2.05, 4.69) is 4.98 Å². The molecule has 37 heavy (non-hydrogen) atoms. The molecular weight excluding hydrogens is 468 g/mol. The Morgan fingerprint density at radius 1 is 1.05 bits per heavy atom. The second-order valence-electron chi connectivity index (χ2n) is 9.30. The highest BCUT2D eigenvalue weighted by Crippen LogP contribution is 2.39. The first-order valence-electron chi connectivity index (χ1n) is 12.4. The lowest BCUT2D eigenvalue weighted by Gasteiger charge is -2.25. The van der Waals surface area contributed by atoms with Crippen LogP contribution in [0.25, 0.3) is 5.76 Å². The highest BCUT2D eigenvalue weighted by Gasteiger charge is 2.45. The van der Waals surface area contributed by atoms with Crippen molar-refractivity contribution in [1.29, 1.82) is 0 Å². The van der Waals surface area contributed by atoms with E-state index in [1.165, 1.54) is 4.90 Å². The zero-order valence-corrected chi connectivity index (χ0v) is 21.4. The first-order valence-corrected chi connectivity index (χ1v) is 12.4. The number of pyridine rings is 1. The van der Waals surface area contributed by atoms with Crippen molar-refractivity contribution in [2.75, 3.05) is 13.2 Å². The number of nitrogens with zero attached hydrogens (tertiary/aromatic N) is 2. The smallest absolute Gasteiger partial charge is 0.295 e. The number of aliphatic hydroxyl groups is 1. The summed E-state index contributed by atoms with van der Waals surface area (Å²) in [4.78, 5) is 31.8. The standard InChI is InChI=1S/C30H32N2O5/c1-20(2)36-17-7-16-32-27(23-12-14-31-15-13-23)26(29(34)30(32)35)28(33)24-10-11-25(21(3)18-24)37-19-22-8-5-4-6-9-22/h4-6,8-15,18,20,27,33H,7,16-17,19H2,1-3H3/b28-26-. The van der Waals surface area contributed by atoms with Crippen LogP contribution in [0, 0.1) is 6.92 Å². The lowest BCUT2D eigenvalue weighted by molar-refractivity contribution is -0.140. The Balaban J connectivity index is 1.63. The molecule has 2 aromatic carbocycles. The molecule has 0 aliphatic carbocycles. The van der Waals surface area contributed by atoms with Gasteiger partial charge in [-0.2, -0.15) is 0 Å². The van der Waals surface area contributed by atoms with Crippen molar-refractivity contribution >= 4 is 17.4 Å². The molecule has 0 spiro atoms. The van der Waals surface area contributed by atoms with E-state index >= 15 is 0 Å². The number of ether oxygens (including phenoxy) is 2. The van der Waals surface area contributed by atoms with Gasteiger partial charge >= 0.3 is 0 Å². The maximum Gasteiger partial charge on any atom is 0.295 e. The first kappa shape index (κ1) is 26.1. The summed E-state index contributed by atoms with van der Waals surface area (Å²) in [7, 11) is 0. The zero-order valence-electron chi connectivity index (χ0n) is 21.4. The van der Waals surface area contributed by atoms with Crippen molar-refractivity contribution in [1.82, 2.24) is 9.88 Å². The number of hydrogen-bond acceptors (Lipinski definition) is 6. The number of aryl methyl sites for hydroxylation is 1. The summed E-state index contributed by atoms with van der Waals surface area (Å²) < 4.78 is 11.6. The Labute approximate surface area is 217 Å². The summed E-state index contributed by atoms with van der Waals surface area (Å²) in [6.07, 6.45) is 3.87. The fourth-order valence-electron chi connectivity index (χ4n) is 4.41. The summed E-state index contributed by atoms with van der Waals surface area (Å²) >= 11 is 0. The van der Waals surface area contributed by atoms with E-state index in [0.717, 1.165) is 11.1 Å². The molecule has 1 aliphatic heterocycles. The molecule has 1 aliphatic rings. The molecule has 1 unspecified atom stereocenters. The Morgan fingerprint density at radius 2 is 1.78 bits per heavy atom. The van der Waals surface area contributed by atoms with E-state index in [0.29, 0.717) is 43.1 Å². The van der Waals surface area contributed by atoms with Gasteiger partial charge in [0.2, 0.25) is 0 Å². The third-order valence-electron chi connectivity index (χ3n) is 6.24. The van der Waals surface area contributed by atoms with Gasteiger partial charge in [0.05, 0.1) is 17.7 Å². The third-order valence-corrected chi connectivity index (χ3v) is 6.24. The van der Waals surface area contributed by atoms with E-state index in [4.69, 9.17) is 9.47 Å². The highest BCUT2D eigenvalue weighted by molar-refractivity contribution is 6.46. The molecule has 3 aromatic rings. The number of hydrogen-bond donors (Lipinski definition) is 1. The normalized spacial score (nSPS) is 17.0. The number of carbonyl (C=O) groups is 2. The first-order chi connectivity index (χ1) is 17.9. The molecule has 1 N–H and O–H groups in total. The van der Waals surface area contributed by atoms with Gasteiger partial charge in [-0.15, -0.1) is 0 Å². The maximum atomic E-state index is 13.2. The molecule has 2 heterocycles. The highest BCUT2D eigenvalue weighted by atomic mass is 16.5. The van der Waals surface area contributed by atoms with E-state index < -0.39 is 17.7 Å². The number of carbonyl (C=O) groups excluding carboxylic acids is 2. The average molecular weight is 501 g/mol.